The number of aliphatic hydroxyl groups is 1. The van der Waals surface area contributed by atoms with Crippen LogP contribution < -0.4 is 4.72 Å². The second-order valence-electron chi connectivity index (χ2n) is 4.14. The molecule has 0 unspecified atom stereocenters. The average Bonchev–Trinajstić information content (AvgIpc) is 2.93. The number of aliphatic hydroxyl groups excluding tert-OH is 1. The van der Waals surface area contributed by atoms with Gasteiger partial charge < -0.3 is 5.11 Å². The maximum atomic E-state index is 12.1. The van der Waals surface area contributed by atoms with Gasteiger partial charge in [-0.05, 0) is 13.0 Å². The molecule has 8 heteroatoms. The van der Waals surface area contributed by atoms with E-state index in [1.54, 1.807) is 31.0 Å². The zero-order valence-corrected chi connectivity index (χ0v) is 12.3. The van der Waals surface area contributed by atoms with Crippen LogP contribution in [0.1, 0.15) is 15.3 Å². The summed E-state index contributed by atoms with van der Waals surface area (Å²) in [6.45, 7) is 1.77. The molecule has 2 aromatic heterocycles. The summed E-state index contributed by atoms with van der Waals surface area (Å²) >= 11 is 1.28. The van der Waals surface area contributed by atoms with Gasteiger partial charge in [-0.3, -0.25) is 4.68 Å². The Morgan fingerprint density at radius 1 is 1.53 bits per heavy atom. The van der Waals surface area contributed by atoms with E-state index in [0.717, 1.165) is 5.56 Å². The summed E-state index contributed by atoms with van der Waals surface area (Å²) in [6.07, 6.45) is 3.37. The Bertz CT molecular complexity index is 673. The second kappa shape index (κ2) is 5.41. The average molecular weight is 301 g/mol. The summed E-state index contributed by atoms with van der Waals surface area (Å²) in [5.41, 5.74) is 0.793. The Labute approximate surface area is 115 Å². The molecule has 0 aromatic carbocycles. The third-order valence-corrected chi connectivity index (χ3v) is 5.29. The molecule has 0 saturated heterocycles. The van der Waals surface area contributed by atoms with Gasteiger partial charge in [0.05, 0.1) is 17.7 Å². The van der Waals surface area contributed by atoms with Crippen LogP contribution in [-0.4, -0.2) is 23.3 Å². The monoisotopic (exact) mass is 301 g/mol. The molecule has 0 aliphatic carbocycles. The molecule has 6 nitrogen and oxygen atoms in total. The maximum Gasteiger partial charge on any atom is 0.241 e. The second-order valence-corrected chi connectivity index (χ2v) is 7.21. The minimum absolute atomic E-state index is 0.149. The zero-order valence-electron chi connectivity index (χ0n) is 10.6. The summed E-state index contributed by atoms with van der Waals surface area (Å²) in [5.74, 6) is 0. The molecule has 0 saturated carbocycles. The van der Waals surface area contributed by atoms with Crippen LogP contribution in [0.15, 0.2) is 23.4 Å². The summed E-state index contributed by atoms with van der Waals surface area (Å²) < 4.78 is 28.4. The molecule has 0 atom stereocenters. The lowest BCUT2D eigenvalue weighted by Crippen LogP contribution is -2.23. The van der Waals surface area contributed by atoms with Crippen LogP contribution in [0.2, 0.25) is 0 Å². The molecular formula is C11H15N3O3S2. The van der Waals surface area contributed by atoms with E-state index in [2.05, 4.69) is 9.82 Å². The minimum atomic E-state index is -3.56. The first-order chi connectivity index (χ1) is 8.92. The SMILES string of the molecule is Cc1sc(CO)cc1S(=O)(=O)NCc1cnn(C)c1. The number of hydrogen-bond donors (Lipinski definition) is 2. The van der Waals surface area contributed by atoms with Crippen molar-refractivity contribution in [2.45, 2.75) is 25.0 Å². The van der Waals surface area contributed by atoms with Crippen molar-refractivity contribution in [3.63, 3.8) is 0 Å². The van der Waals surface area contributed by atoms with E-state index in [1.165, 1.54) is 17.4 Å². The van der Waals surface area contributed by atoms with Gasteiger partial charge in [0, 0.05) is 35.1 Å². The third-order valence-electron chi connectivity index (χ3n) is 2.59. The van der Waals surface area contributed by atoms with E-state index in [0.29, 0.717) is 9.75 Å². The van der Waals surface area contributed by atoms with Crippen molar-refractivity contribution in [2.24, 2.45) is 7.05 Å². The molecular weight excluding hydrogens is 286 g/mol. The summed E-state index contributed by atoms with van der Waals surface area (Å²) in [7, 11) is -1.78. The highest BCUT2D eigenvalue weighted by molar-refractivity contribution is 7.89. The lowest BCUT2D eigenvalue weighted by Gasteiger charge is -2.04. The maximum absolute atomic E-state index is 12.1. The molecule has 0 radical (unpaired) electrons. The number of rotatable bonds is 5. The van der Waals surface area contributed by atoms with Crippen LogP contribution in [0.4, 0.5) is 0 Å². The molecule has 0 aliphatic rings. The zero-order chi connectivity index (χ0) is 14.0. The van der Waals surface area contributed by atoms with Crippen molar-refractivity contribution >= 4 is 21.4 Å². The number of thiophene rings is 1. The summed E-state index contributed by atoms with van der Waals surface area (Å²) in [6, 6.07) is 1.51. The van der Waals surface area contributed by atoms with Crippen LogP contribution in [0.25, 0.3) is 0 Å². The van der Waals surface area contributed by atoms with Gasteiger partial charge in [0.1, 0.15) is 0 Å². The van der Waals surface area contributed by atoms with E-state index in [-0.39, 0.29) is 18.0 Å². The number of hydrogen-bond acceptors (Lipinski definition) is 5. The van der Waals surface area contributed by atoms with E-state index in [4.69, 9.17) is 5.11 Å². The molecule has 0 amide bonds. The Morgan fingerprint density at radius 2 is 2.26 bits per heavy atom. The largest absolute Gasteiger partial charge is 0.391 e. The molecule has 0 spiro atoms. The van der Waals surface area contributed by atoms with Gasteiger partial charge in [0.25, 0.3) is 0 Å². The standard InChI is InChI=1S/C11H15N3O3S2/c1-8-11(3-10(7-15)18-8)19(16,17)13-5-9-4-12-14(2)6-9/h3-4,6,13,15H,5,7H2,1-2H3. The predicted octanol–water partition coefficient (Wildman–Crippen LogP) is 0.761. The molecule has 0 aliphatic heterocycles. The Morgan fingerprint density at radius 3 is 2.79 bits per heavy atom. The fourth-order valence-electron chi connectivity index (χ4n) is 1.69. The van der Waals surface area contributed by atoms with Crippen molar-refractivity contribution < 1.29 is 13.5 Å². The molecule has 2 N–H and O–H groups in total. The van der Waals surface area contributed by atoms with Crippen LogP contribution >= 0.6 is 11.3 Å². The van der Waals surface area contributed by atoms with Crippen molar-refractivity contribution in [3.8, 4) is 0 Å². The van der Waals surface area contributed by atoms with Crippen molar-refractivity contribution in [3.05, 3.63) is 33.8 Å². The fourth-order valence-corrected chi connectivity index (χ4v) is 4.20. The highest BCUT2D eigenvalue weighted by atomic mass is 32.2. The number of aryl methyl sites for hydroxylation is 2. The van der Waals surface area contributed by atoms with Gasteiger partial charge in [-0.15, -0.1) is 11.3 Å². The van der Waals surface area contributed by atoms with Crippen LogP contribution in [-0.2, 0) is 30.2 Å². The third kappa shape index (κ3) is 3.21. The molecule has 0 fully saturated rings. The van der Waals surface area contributed by atoms with Crippen LogP contribution in [0.5, 0.6) is 0 Å². The highest BCUT2D eigenvalue weighted by Crippen LogP contribution is 2.25. The Hall–Kier alpha value is -1.22. The molecule has 2 aromatic rings. The normalized spacial score (nSPS) is 11.9. The van der Waals surface area contributed by atoms with E-state index in [1.807, 2.05) is 0 Å². The molecule has 19 heavy (non-hydrogen) atoms. The van der Waals surface area contributed by atoms with Crippen molar-refractivity contribution in [1.29, 1.82) is 0 Å². The molecule has 2 heterocycles. The topological polar surface area (TPSA) is 84.2 Å². The van der Waals surface area contributed by atoms with Gasteiger partial charge in [-0.2, -0.15) is 5.10 Å². The highest BCUT2D eigenvalue weighted by Gasteiger charge is 2.19. The number of nitrogens with zero attached hydrogens (tertiary/aromatic N) is 2. The van der Waals surface area contributed by atoms with E-state index >= 15 is 0 Å². The number of aromatic nitrogens is 2. The number of sulfonamides is 1. The van der Waals surface area contributed by atoms with Gasteiger partial charge in [-0.1, -0.05) is 0 Å². The van der Waals surface area contributed by atoms with E-state index < -0.39 is 10.0 Å². The van der Waals surface area contributed by atoms with Crippen molar-refractivity contribution in [2.75, 3.05) is 0 Å². The fraction of sp³-hybridized carbons (Fsp3) is 0.364. The first-order valence-corrected chi connectivity index (χ1v) is 7.89. The van der Waals surface area contributed by atoms with Crippen LogP contribution in [0.3, 0.4) is 0 Å². The van der Waals surface area contributed by atoms with Gasteiger partial charge >= 0.3 is 0 Å². The van der Waals surface area contributed by atoms with Gasteiger partial charge in [0.15, 0.2) is 0 Å². The quantitative estimate of drug-likeness (QED) is 0.854. The van der Waals surface area contributed by atoms with Gasteiger partial charge in [-0.25, -0.2) is 13.1 Å². The summed E-state index contributed by atoms with van der Waals surface area (Å²) in [5, 5.41) is 13.0. The molecule has 104 valence electrons. The number of nitrogens with one attached hydrogen (secondary N) is 1. The van der Waals surface area contributed by atoms with E-state index in [9.17, 15) is 8.42 Å². The molecule has 2 rings (SSSR count). The minimum Gasteiger partial charge on any atom is -0.391 e. The van der Waals surface area contributed by atoms with Crippen molar-refractivity contribution in [1.82, 2.24) is 14.5 Å². The Balaban J connectivity index is 2.15. The first-order valence-electron chi connectivity index (χ1n) is 5.60. The lowest BCUT2D eigenvalue weighted by molar-refractivity contribution is 0.285. The smallest absolute Gasteiger partial charge is 0.241 e. The predicted molar refractivity (Wildman–Crippen MR) is 72.2 cm³/mol. The first kappa shape index (κ1) is 14.2. The van der Waals surface area contributed by atoms with Gasteiger partial charge in [0.2, 0.25) is 10.0 Å². The summed E-state index contributed by atoms with van der Waals surface area (Å²) in [4.78, 5) is 1.53. The molecule has 0 bridgehead atoms. The van der Waals surface area contributed by atoms with Crippen LogP contribution in [0, 0.1) is 6.92 Å². The lowest BCUT2D eigenvalue weighted by atomic mass is 10.4. The Kier molecular flexibility index (Phi) is 4.04.